The quantitative estimate of drug-likeness (QED) is 0.699. The van der Waals surface area contributed by atoms with Gasteiger partial charge in [0.05, 0.1) is 10.7 Å². The number of pyridine rings is 1. The van der Waals surface area contributed by atoms with Gasteiger partial charge in [-0.2, -0.15) is 0 Å². The summed E-state index contributed by atoms with van der Waals surface area (Å²) in [5.74, 6) is 0. The fourth-order valence-corrected chi connectivity index (χ4v) is 2.83. The SMILES string of the molecule is Cc1nc(Sc2cc(Cl)ccc2Cl)ccc1Br. The number of aryl methyl sites for hydroxylation is 1. The molecule has 2 rings (SSSR count). The van der Waals surface area contributed by atoms with E-state index in [2.05, 4.69) is 20.9 Å². The van der Waals surface area contributed by atoms with Crippen molar-refractivity contribution in [2.75, 3.05) is 0 Å². The Morgan fingerprint density at radius 2 is 1.94 bits per heavy atom. The lowest BCUT2D eigenvalue weighted by molar-refractivity contribution is 1.05. The molecule has 0 atom stereocenters. The first-order valence-electron chi connectivity index (χ1n) is 4.82. The number of hydrogen-bond acceptors (Lipinski definition) is 2. The molecule has 0 amide bonds. The first-order chi connectivity index (χ1) is 8.06. The molecule has 5 heteroatoms. The second-order valence-electron chi connectivity index (χ2n) is 3.39. The van der Waals surface area contributed by atoms with Gasteiger partial charge in [0, 0.05) is 14.4 Å². The second kappa shape index (κ2) is 5.61. The van der Waals surface area contributed by atoms with Gasteiger partial charge in [-0.1, -0.05) is 35.0 Å². The van der Waals surface area contributed by atoms with Crippen LogP contribution in [0.2, 0.25) is 10.0 Å². The fraction of sp³-hybridized carbons (Fsp3) is 0.0833. The van der Waals surface area contributed by atoms with Crippen LogP contribution in [0.4, 0.5) is 0 Å². The van der Waals surface area contributed by atoms with Gasteiger partial charge in [-0.3, -0.25) is 0 Å². The minimum atomic E-state index is 0.672. The zero-order valence-electron chi connectivity index (χ0n) is 8.88. The molecule has 0 saturated carbocycles. The lowest BCUT2D eigenvalue weighted by Crippen LogP contribution is -1.86. The summed E-state index contributed by atoms with van der Waals surface area (Å²) >= 11 is 17.0. The zero-order valence-corrected chi connectivity index (χ0v) is 12.8. The highest BCUT2D eigenvalue weighted by Gasteiger charge is 2.06. The Hall–Kier alpha value is -0.220. The van der Waals surface area contributed by atoms with Crippen LogP contribution in [0.1, 0.15) is 5.69 Å². The van der Waals surface area contributed by atoms with E-state index in [-0.39, 0.29) is 0 Å². The van der Waals surface area contributed by atoms with Gasteiger partial charge in [-0.05, 0) is 53.2 Å². The molecule has 1 aromatic heterocycles. The van der Waals surface area contributed by atoms with Crippen molar-refractivity contribution in [1.82, 2.24) is 4.98 Å². The standard InChI is InChI=1S/C12H8BrCl2NS/c1-7-9(13)3-5-12(16-7)17-11-6-8(14)2-4-10(11)15/h2-6H,1H3. The van der Waals surface area contributed by atoms with Crippen LogP contribution in [0, 0.1) is 6.92 Å². The van der Waals surface area contributed by atoms with Gasteiger partial charge in [0.25, 0.3) is 0 Å². The Balaban J connectivity index is 2.31. The number of halogens is 3. The maximum atomic E-state index is 6.10. The molecule has 0 aliphatic rings. The topological polar surface area (TPSA) is 12.9 Å². The summed E-state index contributed by atoms with van der Waals surface area (Å²) in [6.45, 7) is 1.95. The van der Waals surface area contributed by atoms with E-state index in [0.29, 0.717) is 10.0 Å². The molecule has 0 spiro atoms. The Morgan fingerprint density at radius 3 is 2.65 bits per heavy atom. The first-order valence-corrected chi connectivity index (χ1v) is 7.19. The molecule has 0 aliphatic heterocycles. The molecular weight excluding hydrogens is 341 g/mol. The number of aromatic nitrogens is 1. The minimum absolute atomic E-state index is 0.672. The van der Waals surface area contributed by atoms with E-state index in [0.717, 1.165) is 20.1 Å². The van der Waals surface area contributed by atoms with Crippen LogP contribution in [0.15, 0.2) is 44.7 Å². The third-order valence-electron chi connectivity index (χ3n) is 2.10. The Morgan fingerprint density at radius 1 is 1.18 bits per heavy atom. The van der Waals surface area contributed by atoms with Crippen LogP contribution >= 0.6 is 50.9 Å². The predicted octanol–water partition coefficient (Wildman–Crippen LogP) is 5.61. The maximum absolute atomic E-state index is 6.10. The van der Waals surface area contributed by atoms with Gasteiger partial charge in [0.2, 0.25) is 0 Å². The number of nitrogens with zero attached hydrogens (tertiary/aromatic N) is 1. The van der Waals surface area contributed by atoms with Crippen molar-refractivity contribution < 1.29 is 0 Å². The smallest absolute Gasteiger partial charge is 0.101 e. The van der Waals surface area contributed by atoms with Gasteiger partial charge < -0.3 is 0 Å². The van der Waals surface area contributed by atoms with Crippen LogP contribution in [0.3, 0.4) is 0 Å². The van der Waals surface area contributed by atoms with Gasteiger partial charge in [-0.15, -0.1) is 0 Å². The van der Waals surface area contributed by atoms with Crippen molar-refractivity contribution in [3.63, 3.8) is 0 Å². The average molecular weight is 349 g/mol. The Bertz CT molecular complexity index is 560. The Kier molecular flexibility index (Phi) is 4.36. The molecule has 0 radical (unpaired) electrons. The summed E-state index contributed by atoms with van der Waals surface area (Å²) < 4.78 is 0.999. The highest BCUT2D eigenvalue weighted by Crippen LogP contribution is 2.34. The highest BCUT2D eigenvalue weighted by atomic mass is 79.9. The summed E-state index contributed by atoms with van der Waals surface area (Å²) in [5, 5.41) is 2.25. The maximum Gasteiger partial charge on any atom is 0.101 e. The van der Waals surface area contributed by atoms with Crippen molar-refractivity contribution in [2.24, 2.45) is 0 Å². The van der Waals surface area contributed by atoms with Crippen LogP contribution in [-0.4, -0.2) is 4.98 Å². The molecule has 1 nitrogen and oxygen atoms in total. The van der Waals surface area contributed by atoms with E-state index in [1.165, 1.54) is 11.8 Å². The molecule has 0 bridgehead atoms. The number of rotatable bonds is 2. The molecule has 1 heterocycles. The predicted molar refractivity (Wildman–Crippen MR) is 77.3 cm³/mol. The van der Waals surface area contributed by atoms with Gasteiger partial charge >= 0.3 is 0 Å². The van der Waals surface area contributed by atoms with Crippen molar-refractivity contribution >= 4 is 50.9 Å². The summed E-state index contributed by atoms with van der Waals surface area (Å²) in [6.07, 6.45) is 0. The number of hydrogen-bond donors (Lipinski definition) is 0. The molecule has 0 aliphatic carbocycles. The van der Waals surface area contributed by atoms with E-state index in [9.17, 15) is 0 Å². The van der Waals surface area contributed by atoms with Crippen LogP contribution in [0.25, 0.3) is 0 Å². The molecule has 0 fully saturated rings. The van der Waals surface area contributed by atoms with Crippen molar-refractivity contribution in [3.05, 3.63) is 50.5 Å². The molecule has 88 valence electrons. The van der Waals surface area contributed by atoms with Gasteiger partial charge in [0.15, 0.2) is 0 Å². The summed E-state index contributed by atoms with van der Waals surface area (Å²) in [4.78, 5) is 5.36. The van der Waals surface area contributed by atoms with Crippen LogP contribution < -0.4 is 0 Å². The monoisotopic (exact) mass is 347 g/mol. The number of benzene rings is 1. The largest absolute Gasteiger partial charge is 0.245 e. The van der Waals surface area contributed by atoms with E-state index in [1.54, 1.807) is 12.1 Å². The van der Waals surface area contributed by atoms with Crippen molar-refractivity contribution in [1.29, 1.82) is 0 Å². The molecule has 2 aromatic rings. The summed E-state index contributed by atoms with van der Waals surface area (Å²) in [5.41, 5.74) is 0.952. The van der Waals surface area contributed by atoms with Gasteiger partial charge in [0.1, 0.15) is 5.03 Å². The van der Waals surface area contributed by atoms with Crippen molar-refractivity contribution in [2.45, 2.75) is 16.8 Å². The molecule has 0 saturated heterocycles. The van der Waals surface area contributed by atoms with Crippen molar-refractivity contribution in [3.8, 4) is 0 Å². The zero-order chi connectivity index (χ0) is 12.4. The molecule has 0 unspecified atom stereocenters. The normalized spacial score (nSPS) is 10.6. The third kappa shape index (κ3) is 3.38. The van der Waals surface area contributed by atoms with Crippen LogP contribution in [0.5, 0.6) is 0 Å². The second-order valence-corrected chi connectivity index (χ2v) is 6.15. The Labute approximate surface area is 123 Å². The molecule has 17 heavy (non-hydrogen) atoms. The average Bonchev–Trinajstić information content (AvgIpc) is 2.29. The first kappa shape index (κ1) is 13.2. The molecule has 1 aromatic carbocycles. The molecule has 0 N–H and O–H groups in total. The fourth-order valence-electron chi connectivity index (χ4n) is 1.25. The van der Waals surface area contributed by atoms with E-state index >= 15 is 0 Å². The lowest BCUT2D eigenvalue weighted by atomic mass is 10.4. The van der Waals surface area contributed by atoms with Gasteiger partial charge in [-0.25, -0.2) is 4.98 Å². The summed E-state index contributed by atoms with van der Waals surface area (Å²) in [7, 11) is 0. The molecular formula is C12H8BrCl2NS. The van der Waals surface area contributed by atoms with E-state index in [1.807, 2.05) is 25.1 Å². The van der Waals surface area contributed by atoms with E-state index in [4.69, 9.17) is 23.2 Å². The minimum Gasteiger partial charge on any atom is -0.245 e. The van der Waals surface area contributed by atoms with Crippen LogP contribution in [-0.2, 0) is 0 Å². The lowest BCUT2D eigenvalue weighted by Gasteiger charge is -2.05. The third-order valence-corrected chi connectivity index (χ3v) is 4.61. The van der Waals surface area contributed by atoms with E-state index < -0.39 is 0 Å². The highest BCUT2D eigenvalue weighted by molar-refractivity contribution is 9.10. The summed E-state index contributed by atoms with van der Waals surface area (Å²) in [6, 6.07) is 9.32.